The van der Waals surface area contributed by atoms with Gasteiger partial charge in [-0.3, -0.25) is 0 Å². The first-order valence-corrected chi connectivity index (χ1v) is 8.70. The zero-order valence-corrected chi connectivity index (χ0v) is 16.8. The van der Waals surface area contributed by atoms with Gasteiger partial charge < -0.3 is 9.80 Å². The molecule has 0 bridgehead atoms. The van der Waals surface area contributed by atoms with Crippen LogP contribution in [0.1, 0.15) is 47.2 Å². The lowest BCUT2D eigenvalue weighted by Gasteiger charge is -2.44. The van der Waals surface area contributed by atoms with Gasteiger partial charge >= 0.3 is 0 Å². The van der Waals surface area contributed by atoms with E-state index in [2.05, 4.69) is 51.7 Å². The van der Waals surface area contributed by atoms with Gasteiger partial charge in [0.25, 0.3) is 0 Å². The molecule has 1 aliphatic heterocycles. The van der Waals surface area contributed by atoms with Gasteiger partial charge in [0.15, 0.2) is 0 Å². The van der Waals surface area contributed by atoms with E-state index in [9.17, 15) is 0 Å². The molecule has 0 saturated heterocycles. The number of nitrogens with zero attached hydrogens (tertiary/aromatic N) is 2. The van der Waals surface area contributed by atoms with Gasteiger partial charge in [0.2, 0.25) is 0 Å². The topological polar surface area (TPSA) is 43.4 Å². The first-order chi connectivity index (χ1) is 11.8. The summed E-state index contributed by atoms with van der Waals surface area (Å²) in [6.07, 6.45) is 1.09. The van der Waals surface area contributed by atoms with Crippen LogP contribution in [0.2, 0.25) is 0 Å². The molecule has 0 N–H and O–H groups in total. The summed E-state index contributed by atoms with van der Waals surface area (Å²) in [6.45, 7) is 7.38. The van der Waals surface area contributed by atoms with Crippen molar-refractivity contribution in [2.75, 3.05) is 40.3 Å². The van der Waals surface area contributed by atoms with E-state index in [1.165, 1.54) is 36.6 Å². The molecule has 1 aromatic rings. The van der Waals surface area contributed by atoms with Crippen LogP contribution in [0, 0.1) is 13.8 Å². The second-order valence-corrected chi connectivity index (χ2v) is 7.00. The van der Waals surface area contributed by atoms with Crippen LogP contribution in [0.4, 0.5) is 5.69 Å². The lowest BCUT2D eigenvalue weighted by atomic mass is 9.82. The number of hydrogen-bond acceptors (Lipinski definition) is 6. The molecule has 0 aromatic heterocycles. The maximum absolute atomic E-state index is 5.29. The zero-order chi connectivity index (χ0) is 18.7. The molecule has 2 atom stereocenters. The summed E-state index contributed by atoms with van der Waals surface area (Å²) in [7, 11) is 9.53. The Hall–Kier alpha value is -1.18. The van der Waals surface area contributed by atoms with E-state index in [1.54, 1.807) is 0 Å². The van der Waals surface area contributed by atoms with Crippen molar-refractivity contribution < 1.29 is 19.6 Å². The van der Waals surface area contributed by atoms with Crippen molar-refractivity contribution in [1.29, 1.82) is 0 Å². The predicted octanol–water partition coefficient (Wildman–Crippen LogP) is 3.29. The third kappa shape index (κ3) is 3.83. The first kappa shape index (κ1) is 20.1. The summed E-state index contributed by atoms with van der Waals surface area (Å²) < 4.78 is 0. The molecule has 0 saturated carbocycles. The highest BCUT2D eigenvalue weighted by Crippen LogP contribution is 2.45. The van der Waals surface area contributed by atoms with Crippen LogP contribution in [0.3, 0.4) is 0 Å². The average molecular weight is 352 g/mol. The Kier molecular flexibility index (Phi) is 6.82. The number of fused-ring (bicyclic) bond motifs is 1. The highest BCUT2D eigenvalue weighted by molar-refractivity contribution is 5.69. The van der Waals surface area contributed by atoms with Gasteiger partial charge in [-0.15, -0.1) is 0 Å². The van der Waals surface area contributed by atoms with Gasteiger partial charge in [-0.25, -0.2) is 19.6 Å². The Morgan fingerprint density at radius 1 is 1.00 bits per heavy atom. The number of benzene rings is 1. The van der Waals surface area contributed by atoms with Gasteiger partial charge in [0.05, 0.1) is 14.2 Å². The molecule has 6 heteroatoms. The van der Waals surface area contributed by atoms with E-state index in [0.29, 0.717) is 25.3 Å². The molecule has 0 aliphatic carbocycles. The number of anilines is 1. The average Bonchev–Trinajstić information content (AvgIpc) is 2.57. The maximum atomic E-state index is 5.29. The Morgan fingerprint density at radius 2 is 1.52 bits per heavy atom. The van der Waals surface area contributed by atoms with E-state index in [4.69, 9.17) is 19.6 Å². The van der Waals surface area contributed by atoms with E-state index in [0.717, 1.165) is 17.5 Å². The summed E-state index contributed by atoms with van der Waals surface area (Å²) in [4.78, 5) is 25.0. The Labute approximate surface area is 151 Å². The molecule has 142 valence electrons. The maximum Gasteiger partial charge on any atom is 0.108 e. The van der Waals surface area contributed by atoms with Crippen molar-refractivity contribution in [2.24, 2.45) is 0 Å². The van der Waals surface area contributed by atoms with Crippen LogP contribution in [0.25, 0.3) is 0 Å². The lowest BCUT2D eigenvalue weighted by Crippen LogP contribution is -2.40. The minimum atomic E-state index is 0.374. The molecular formula is C19H32N2O4. The molecule has 0 fully saturated rings. The number of hydrogen-bond donors (Lipinski definition) is 0. The van der Waals surface area contributed by atoms with Gasteiger partial charge in [0.1, 0.15) is 13.2 Å². The molecule has 0 spiro atoms. The van der Waals surface area contributed by atoms with Gasteiger partial charge in [-0.2, -0.15) is 0 Å². The van der Waals surface area contributed by atoms with Crippen LogP contribution < -0.4 is 4.90 Å². The smallest absolute Gasteiger partial charge is 0.108 e. The fraction of sp³-hybridized carbons (Fsp3) is 0.684. The monoisotopic (exact) mass is 352 g/mol. The molecule has 2 unspecified atom stereocenters. The standard InChI is InChI=1S/C19H32N2O4/c1-12-9-17(20(4)5)18-13(2)15(10-24-22-7)16(11-25-23-8)14(3)19(18)21(12)6/h12,17H,9-11H2,1-8H3. The van der Waals surface area contributed by atoms with E-state index < -0.39 is 0 Å². The summed E-state index contributed by atoms with van der Waals surface area (Å²) in [5, 5.41) is 0. The van der Waals surface area contributed by atoms with Crippen LogP contribution >= 0.6 is 0 Å². The Morgan fingerprint density at radius 3 is 2.00 bits per heavy atom. The quantitative estimate of drug-likeness (QED) is 0.554. The normalized spacial score (nSPS) is 20.3. The molecule has 1 heterocycles. The van der Waals surface area contributed by atoms with Crippen molar-refractivity contribution in [3.05, 3.63) is 27.8 Å². The fourth-order valence-electron chi connectivity index (χ4n) is 3.91. The predicted molar refractivity (Wildman–Crippen MR) is 98.4 cm³/mol. The molecule has 25 heavy (non-hydrogen) atoms. The SMILES string of the molecule is COOCc1c(C)c2c(c(C)c1COOC)N(C)C(C)CC2N(C)C. The Bertz CT molecular complexity index is 604. The fourth-order valence-corrected chi connectivity index (χ4v) is 3.91. The van der Waals surface area contributed by atoms with Crippen molar-refractivity contribution in [1.82, 2.24) is 4.90 Å². The van der Waals surface area contributed by atoms with Crippen LogP contribution in [0.15, 0.2) is 0 Å². The van der Waals surface area contributed by atoms with Crippen LogP contribution in [0.5, 0.6) is 0 Å². The summed E-state index contributed by atoms with van der Waals surface area (Å²) in [6, 6.07) is 0.842. The van der Waals surface area contributed by atoms with Gasteiger partial charge in [0, 0.05) is 24.8 Å². The third-order valence-electron chi connectivity index (χ3n) is 5.46. The summed E-state index contributed by atoms with van der Waals surface area (Å²) in [5.41, 5.74) is 7.35. The second kappa shape index (κ2) is 8.47. The lowest BCUT2D eigenvalue weighted by molar-refractivity contribution is -0.287. The highest BCUT2D eigenvalue weighted by Gasteiger charge is 2.34. The molecule has 6 nitrogen and oxygen atoms in total. The summed E-state index contributed by atoms with van der Waals surface area (Å²) >= 11 is 0. The molecule has 0 amide bonds. The van der Waals surface area contributed by atoms with Crippen molar-refractivity contribution >= 4 is 5.69 Å². The minimum absolute atomic E-state index is 0.374. The second-order valence-electron chi connectivity index (χ2n) is 7.00. The third-order valence-corrected chi connectivity index (χ3v) is 5.46. The van der Waals surface area contributed by atoms with E-state index in [-0.39, 0.29) is 0 Å². The first-order valence-electron chi connectivity index (χ1n) is 8.70. The molecular weight excluding hydrogens is 320 g/mol. The largest absolute Gasteiger partial charge is 0.371 e. The molecule has 2 rings (SSSR count). The van der Waals surface area contributed by atoms with E-state index >= 15 is 0 Å². The van der Waals surface area contributed by atoms with Crippen LogP contribution in [-0.2, 0) is 32.8 Å². The van der Waals surface area contributed by atoms with Gasteiger partial charge in [-0.05, 0) is 69.1 Å². The van der Waals surface area contributed by atoms with E-state index in [1.807, 2.05) is 0 Å². The molecule has 1 aromatic carbocycles. The van der Waals surface area contributed by atoms with Crippen molar-refractivity contribution in [3.8, 4) is 0 Å². The number of rotatable bonds is 7. The molecule has 0 radical (unpaired) electrons. The van der Waals surface area contributed by atoms with Crippen LogP contribution in [-0.4, -0.2) is 46.3 Å². The molecule has 1 aliphatic rings. The Balaban J connectivity index is 2.69. The summed E-state index contributed by atoms with van der Waals surface area (Å²) in [5.74, 6) is 0. The van der Waals surface area contributed by atoms with Gasteiger partial charge in [-0.1, -0.05) is 0 Å². The minimum Gasteiger partial charge on any atom is -0.371 e. The van der Waals surface area contributed by atoms with Crippen molar-refractivity contribution in [3.63, 3.8) is 0 Å². The zero-order valence-electron chi connectivity index (χ0n) is 16.8. The highest BCUT2D eigenvalue weighted by atomic mass is 17.2. The van der Waals surface area contributed by atoms with Crippen molar-refractivity contribution in [2.45, 2.75) is 52.5 Å².